The minimum absolute atomic E-state index is 0.0604. The molecule has 2 rings (SSSR count). The maximum absolute atomic E-state index is 12.3. The van der Waals surface area contributed by atoms with E-state index in [-0.39, 0.29) is 16.9 Å². The van der Waals surface area contributed by atoms with E-state index in [9.17, 15) is 9.59 Å². The van der Waals surface area contributed by atoms with Crippen LogP contribution in [-0.4, -0.2) is 17.0 Å². The zero-order chi connectivity index (χ0) is 17.0. The molecule has 2 aromatic carbocycles. The number of nitrogens with one attached hydrogen (secondary N) is 1. The summed E-state index contributed by atoms with van der Waals surface area (Å²) in [6, 6.07) is 13.8. The van der Waals surface area contributed by atoms with E-state index in [0.29, 0.717) is 11.3 Å². The molecular formula is C19H21NO3. The Kier molecular flexibility index (Phi) is 4.84. The van der Waals surface area contributed by atoms with E-state index in [4.69, 9.17) is 5.11 Å². The fourth-order valence-corrected chi connectivity index (χ4v) is 2.25. The van der Waals surface area contributed by atoms with Gasteiger partial charge in [0.1, 0.15) is 0 Å². The van der Waals surface area contributed by atoms with Crippen molar-refractivity contribution in [3.8, 4) is 0 Å². The van der Waals surface area contributed by atoms with Crippen LogP contribution in [0.5, 0.6) is 0 Å². The zero-order valence-corrected chi connectivity index (χ0v) is 13.6. The molecule has 0 saturated heterocycles. The molecule has 0 aromatic heterocycles. The summed E-state index contributed by atoms with van der Waals surface area (Å²) in [5, 5.41) is 11.8. The number of anilines is 1. The molecule has 0 aliphatic heterocycles. The Bertz CT molecular complexity index is 718. The number of carboxylic acid groups (broad SMARTS) is 1. The summed E-state index contributed by atoms with van der Waals surface area (Å²) in [4.78, 5) is 23.5. The molecule has 2 aromatic rings. The van der Waals surface area contributed by atoms with Crippen LogP contribution in [0.4, 0.5) is 5.69 Å². The number of aromatic carboxylic acids is 1. The number of carboxylic acids is 1. The molecule has 0 unspecified atom stereocenters. The number of rotatable bonds is 5. The molecular weight excluding hydrogens is 290 g/mol. The molecule has 0 spiro atoms. The monoisotopic (exact) mass is 311 g/mol. The van der Waals surface area contributed by atoms with Gasteiger partial charge < -0.3 is 10.4 Å². The number of hydrogen-bond acceptors (Lipinski definition) is 2. The van der Waals surface area contributed by atoms with Crippen LogP contribution in [0.1, 0.15) is 53.5 Å². The summed E-state index contributed by atoms with van der Waals surface area (Å²) < 4.78 is 0. The maximum Gasteiger partial charge on any atom is 0.337 e. The quantitative estimate of drug-likeness (QED) is 0.864. The molecule has 0 aliphatic rings. The fourth-order valence-electron chi connectivity index (χ4n) is 2.25. The predicted molar refractivity (Wildman–Crippen MR) is 91.1 cm³/mol. The summed E-state index contributed by atoms with van der Waals surface area (Å²) in [5.74, 6) is -1.39. The number of benzene rings is 2. The highest BCUT2D eigenvalue weighted by atomic mass is 16.4. The first kappa shape index (κ1) is 16.7. The lowest BCUT2D eigenvalue weighted by Gasteiger charge is -2.23. The number of para-hydroxylation sites is 1. The van der Waals surface area contributed by atoms with Gasteiger partial charge in [-0.15, -0.1) is 0 Å². The predicted octanol–water partition coefficient (Wildman–Crippen LogP) is 4.32. The second-order valence-corrected chi connectivity index (χ2v) is 6.12. The molecule has 0 aliphatic carbocycles. The number of carbonyl (C=O) groups is 2. The van der Waals surface area contributed by atoms with Gasteiger partial charge >= 0.3 is 5.97 Å². The van der Waals surface area contributed by atoms with E-state index < -0.39 is 5.97 Å². The molecule has 4 nitrogen and oxygen atoms in total. The molecule has 0 heterocycles. The molecule has 120 valence electrons. The molecule has 2 N–H and O–H groups in total. The van der Waals surface area contributed by atoms with E-state index >= 15 is 0 Å². The highest BCUT2D eigenvalue weighted by Crippen LogP contribution is 2.27. The Labute approximate surface area is 136 Å². The Hall–Kier alpha value is -2.62. The Morgan fingerprint density at radius 3 is 2.22 bits per heavy atom. The van der Waals surface area contributed by atoms with Gasteiger partial charge in [-0.25, -0.2) is 4.79 Å². The average Bonchev–Trinajstić information content (AvgIpc) is 2.55. The Morgan fingerprint density at radius 1 is 1.04 bits per heavy atom. The summed E-state index contributed by atoms with van der Waals surface area (Å²) in [6.07, 6.45) is 1.00. The van der Waals surface area contributed by atoms with Gasteiger partial charge in [0.25, 0.3) is 5.91 Å². The second kappa shape index (κ2) is 6.65. The normalized spacial score (nSPS) is 11.1. The van der Waals surface area contributed by atoms with E-state index in [0.717, 1.165) is 6.42 Å². The Morgan fingerprint density at radius 2 is 1.65 bits per heavy atom. The van der Waals surface area contributed by atoms with Crippen LogP contribution in [-0.2, 0) is 5.41 Å². The minimum atomic E-state index is -1.07. The first-order valence-corrected chi connectivity index (χ1v) is 7.59. The standard InChI is InChI=1S/C19H21NO3/c1-4-19(2,3)14-11-9-13(10-12-14)17(21)20-16-8-6-5-7-15(16)18(22)23/h5-12H,4H2,1-3H3,(H,20,21)(H,22,23). The van der Waals surface area contributed by atoms with Gasteiger partial charge in [0, 0.05) is 5.56 Å². The first-order chi connectivity index (χ1) is 10.8. The SMILES string of the molecule is CCC(C)(C)c1ccc(C(=O)Nc2ccccc2C(=O)O)cc1. The van der Waals surface area contributed by atoms with Crippen molar-refractivity contribution >= 4 is 17.6 Å². The van der Waals surface area contributed by atoms with Crippen LogP contribution in [0.3, 0.4) is 0 Å². The van der Waals surface area contributed by atoms with Gasteiger partial charge in [-0.2, -0.15) is 0 Å². The van der Waals surface area contributed by atoms with Gasteiger partial charge in [0.15, 0.2) is 0 Å². The van der Waals surface area contributed by atoms with Crippen LogP contribution in [0.15, 0.2) is 48.5 Å². The van der Waals surface area contributed by atoms with Crippen molar-refractivity contribution in [3.63, 3.8) is 0 Å². The second-order valence-electron chi connectivity index (χ2n) is 6.12. The third-order valence-corrected chi connectivity index (χ3v) is 4.22. The molecule has 0 fully saturated rings. The lowest BCUT2D eigenvalue weighted by molar-refractivity contribution is 0.0698. The van der Waals surface area contributed by atoms with Crippen LogP contribution in [0.2, 0.25) is 0 Å². The molecule has 23 heavy (non-hydrogen) atoms. The fraction of sp³-hybridized carbons (Fsp3) is 0.263. The van der Waals surface area contributed by atoms with Gasteiger partial charge in [-0.05, 0) is 41.7 Å². The maximum atomic E-state index is 12.3. The highest BCUT2D eigenvalue weighted by molar-refractivity contribution is 6.07. The number of amides is 1. The smallest absolute Gasteiger partial charge is 0.337 e. The van der Waals surface area contributed by atoms with Crippen LogP contribution in [0.25, 0.3) is 0 Å². The molecule has 0 atom stereocenters. The van der Waals surface area contributed by atoms with Crippen molar-refractivity contribution in [1.29, 1.82) is 0 Å². The van der Waals surface area contributed by atoms with E-state index in [2.05, 4.69) is 26.1 Å². The summed E-state index contributed by atoms with van der Waals surface area (Å²) >= 11 is 0. The van der Waals surface area contributed by atoms with Crippen LogP contribution >= 0.6 is 0 Å². The van der Waals surface area contributed by atoms with Crippen molar-refractivity contribution < 1.29 is 14.7 Å². The number of carbonyl (C=O) groups excluding carboxylic acids is 1. The molecule has 0 bridgehead atoms. The summed E-state index contributed by atoms with van der Waals surface area (Å²) in [7, 11) is 0. The minimum Gasteiger partial charge on any atom is -0.478 e. The van der Waals surface area contributed by atoms with Crippen molar-refractivity contribution in [2.24, 2.45) is 0 Å². The molecule has 0 radical (unpaired) electrons. The van der Waals surface area contributed by atoms with Gasteiger partial charge in [-0.3, -0.25) is 4.79 Å². The van der Waals surface area contributed by atoms with E-state index in [1.165, 1.54) is 11.6 Å². The largest absolute Gasteiger partial charge is 0.478 e. The van der Waals surface area contributed by atoms with E-state index in [1.54, 1.807) is 30.3 Å². The van der Waals surface area contributed by atoms with Gasteiger partial charge in [0.05, 0.1) is 11.3 Å². The summed E-state index contributed by atoms with van der Waals surface area (Å²) in [5.41, 5.74) is 2.10. The molecule has 0 saturated carbocycles. The van der Waals surface area contributed by atoms with Crippen molar-refractivity contribution in [1.82, 2.24) is 0 Å². The van der Waals surface area contributed by atoms with Crippen LogP contribution in [0, 0.1) is 0 Å². The lowest BCUT2D eigenvalue weighted by atomic mass is 9.82. The average molecular weight is 311 g/mol. The van der Waals surface area contributed by atoms with Crippen molar-refractivity contribution in [2.75, 3.05) is 5.32 Å². The summed E-state index contributed by atoms with van der Waals surface area (Å²) in [6.45, 7) is 6.44. The topological polar surface area (TPSA) is 66.4 Å². The Balaban J connectivity index is 2.21. The zero-order valence-electron chi connectivity index (χ0n) is 13.6. The van der Waals surface area contributed by atoms with E-state index in [1.807, 2.05) is 12.1 Å². The van der Waals surface area contributed by atoms with Crippen molar-refractivity contribution in [2.45, 2.75) is 32.6 Å². The highest BCUT2D eigenvalue weighted by Gasteiger charge is 2.18. The molecule has 1 amide bonds. The number of hydrogen-bond donors (Lipinski definition) is 2. The third-order valence-electron chi connectivity index (χ3n) is 4.22. The van der Waals surface area contributed by atoms with Gasteiger partial charge in [0.2, 0.25) is 0 Å². The first-order valence-electron chi connectivity index (χ1n) is 7.59. The van der Waals surface area contributed by atoms with Gasteiger partial charge in [-0.1, -0.05) is 45.0 Å². The third kappa shape index (κ3) is 3.77. The van der Waals surface area contributed by atoms with Crippen LogP contribution < -0.4 is 5.32 Å². The van der Waals surface area contributed by atoms with Crippen molar-refractivity contribution in [3.05, 3.63) is 65.2 Å². The molecule has 4 heteroatoms. The lowest BCUT2D eigenvalue weighted by Crippen LogP contribution is -2.17.